The van der Waals surface area contributed by atoms with Gasteiger partial charge in [0.15, 0.2) is 0 Å². The van der Waals surface area contributed by atoms with Crippen LogP contribution in [0.2, 0.25) is 0 Å². The number of halogens is 7. The summed E-state index contributed by atoms with van der Waals surface area (Å²) in [5.41, 5.74) is -5.05. The van der Waals surface area contributed by atoms with Crippen molar-refractivity contribution in [2.75, 3.05) is 6.67 Å². The lowest BCUT2D eigenvalue weighted by atomic mass is 10.0. The van der Waals surface area contributed by atoms with E-state index >= 15 is 0 Å². The van der Waals surface area contributed by atoms with Crippen LogP contribution in [0.15, 0.2) is 0 Å². The van der Waals surface area contributed by atoms with Crippen molar-refractivity contribution in [3.8, 4) is 0 Å². The fourth-order valence-electron chi connectivity index (χ4n) is 1.09. The molecule has 2 atom stereocenters. The predicted molar refractivity (Wildman–Crippen MR) is 33.5 cm³/mol. The monoisotopic (exact) mass is 260 g/mol. The van der Waals surface area contributed by atoms with Crippen molar-refractivity contribution in [3.05, 3.63) is 0 Å². The topological polar surface area (TPSA) is 34.1 Å². The molecule has 1 heterocycles. The van der Waals surface area contributed by atoms with Crippen molar-refractivity contribution >= 4 is 9.84 Å². The molecule has 10 heteroatoms. The summed E-state index contributed by atoms with van der Waals surface area (Å²) in [6.07, 6.45) is -4.44. The van der Waals surface area contributed by atoms with Crippen molar-refractivity contribution in [1.82, 2.24) is 0 Å². The summed E-state index contributed by atoms with van der Waals surface area (Å²) in [5.74, 6) is 0. The number of sulfone groups is 1. The van der Waals surface area contributed by atoms with Crippen LogP contribution in [0.3, 0.4) is 0 Å². The van der Waals surface area contributed by atoms with E-state index in [1.165, 1.54) is 0 Å². The minimum atomic E-state index is -6.73. The van der Waals surface area contributed by atoms with E-state index in [9.17, 15) is 39.2 Å². The first-order valence-corrected chi connectivity index (χ1v) is 4.84. The van der Waals surface area contributed by atoms with Gasteiger partial charge in [-0.1, -0.05) is 0 Å². The summed E-state index contributed by atoms with van der Waals surface area (Å²) < 4.78 is 108. The highest BCUT2D eigenvalue weighted by Crippen LogP contribution is 2.57. The molecule has 0 amide bonds. The lowest BCUT2D eigenvalue weighted by Gasteiger charge is -2.21. The van der Waals surface area contributed by atoms with E-state index in [0.29, 0.717) is 0 Å². The minimum Gasteiger partial charge on any atom is -0.247 e. The molecule has 15 heavy (non-hydrogen) atoms. The zero-order valence-corrected chi connectivity index (χ0v) is 7.47. The molecule has 0 N–H and O–H groups in total. The Kier molecular flexibility index (Phi) is 2.31. The first-order valence-electron chi connectivity index (χ1n) is 3.35. The Morgan fingerprint density at radius 1 is 1.07 bits per heavy atom. The van der Waals surface area contributed by atoms with Gasteiger partial charge in [-0.2, -0.15) is 17.6 Å². The second-order valence-electron chi connectivity index (χ2n) is 2.94. The largest absolute Gasteiger partial charge is 0.390 e. The number of hydrogen-bond acceptors (Lipinski definition) is 2. The number of hydrogen-bond donors (Lipinski definition) is 0. The van der Waals surface area contributed by atoms with Gasteiger partial charge in [0.05, 0.1) is 0 Å². The molecule has 0 aromatic rings. The van der Waals surface area contributed by atoms with E-state index < -0.39 is 38.9 Å². The molecule has 0 bridgehead atoms. The van der Waals surface area contributed by atoms with Gasteiger partial charge in [0.1, 0.15) is 6.67 Å². The number of alkyl halides is 7. The Hall–Kier alpha value is -0.540. The first-order chi connectivity index (χ1) is 6.47. The molecule has 0 aromatic carbocycles. The average Bonchev–Trinajstić information content (AvgIpc) is 2.18. The maximum Gasteiger partial charge on any atom is 0.390 e. The second kappa shape index (κ2) is 2.77. The van der Waals surface area contributed by atoms with Crippen LogP contribution in [-0.2, 0) is 9.84 Å². The lowest BCUT2D eigenvalue weighted by Crippen LogP contribution is -2.49. The molecule has 2 unspecified atom stereocenters. The molecule has 1 aliphatic rings. The Balaban J connectivity index is 3.56. The lowest BCUT2D eigenvalue weighted by molar-refractivity contribution is -0.136. The maximum absolute atomic E-state index is 12.8. The van der Waals surface area contributed by atoms with Crippen LogP contribution in [0.1, 0.15) is 0 Å². The van der Waals surface area contributed by atoms with Crippen LogP contribution >= 0.6 is 0 Å². The van der Waals surface area contributed by atoms with Crippen molar-refractivity contribution in [2.45, 2.75) is 22.3 Å². The van der Waals surface area contributed by atoms with Crippen LogP contribution in [0.4, 0.5) is 30.7 Å². The van der Waals surface area contributed by atoms with E-state index in [0.717, 1.165) is 0 Å². The van der Waals surface area contributed by atoms with Crippen molar-refractivity contribution in [3.63, 3.8) is 0 Å². The molecule has 0 aromatic heterocycles. The van der Waals surface area contributed by atoms with Gasteiger partial charge in [0, 0.05) is 0 Å². The maximum atomic E-state index is 12.8. The predicted octanol–water partition coefficient (Wildman–Crippen LogP) is 1.62. The highest BCUT2D eigenvalue weighted by Gasteiger charge is 2.87. The minimum absolute atomic E-state index is 2.87. The summed E-state index contributed by atoms with van der Waals surface area (Å²) in [7, 11) is -6.73. The van der Waals surface area contributed by atoms with Crippen LogP contribution < -0.4 is 0 Å². The zero-order chi connectivity index (χ0) is 12.3. The Morgan fingerprint density at radius 2 is 1.47 bits per heavy atom. The average molecular weight is 260 g/mol. The molecule has 90 valence electrons. The van der Waals surface area contributed by atoms with Crippen molar-refractivity contribution in [2.24, 2.45) is 0 Å². The van der Waals surface area contributed by atoms with E-state index in [2.05, 4.69) is 0 Å². The van der Waals surface area contributed by atoms with Crippen molar-refractivity contribution in [1.29, 1.82) is 0 Å². The molecule has 1 saturated heterocycles. The molecule has 1 rings (SSSR count). The first kappa shape index (κ1) is 12.5. The third-order valence-electron chi connectivity index (χ3n) is 2.07. The van der Waals surface area contributed by atoms with E-state index in [1.54, 1.807) is 0 Å². The Morgan fingerprint density at radius 3 is 1.60 bits per heavy atom. The highest BCUT2D eigenvalue weighted by atomic mass is 32.2. The third-order valence-corrected chi connectivity index (χ3v) is 4.01. The Labute approximate surface area is 79.0 Å². The molecule has 0 saturated carbocycles. The molecule has 0 radical (unpaired) electrons. The smallest absolute Gasteiger partial charge is 0.247 e. The molecule has 0 spiro atoms. The van der Waals surface area contributed by atoms with Gasteiger partial charge in [-0.05, 0) is 0 Å². The van der Waals surface area contributed by atoms with Crippen LogP contribution in [0, 0.1) is 0 Å². The van der Waals surface area contributed by atoms with Crippen molar-refractivity contribution < 1.29 is 39.2 Å². The summed E-state index contributed by atoms with van der Waals surface area (Å²) in [6.45, 7) is -2.87. The molecule has 1 fully saturated rings. The van der Waals surface area contributed by atoms with Gasteiger partial charge in [0.25, 0.3) is 15.5 Å². The Bertz CT molecular complexity index is 377. The highest BCUT2D eigenvalue weighted by molar-refractivity contribution is 7.94. The molecule has 1 aliphatic heterocycles. The van der Waals surface area contributed by atoms with Gasteiger partial charge in [-0.3, -0.25) is 0 Å². The third kappa shape index (κ3) is 1.03. The van der Waals surface area contributed by atoms with Crippen LogP contribution in [-0.4, -0.2) is 37.4 Å². The molecular formula is C5H3F7O2S. The summed E-state index contributed by atoms with van der Waals surface area (Å²) in [4.78, 5) is 0. The van der Waals surface area contributed by atoms with E-state index in [4.69, 9.17) is 0 Å². The standard InChI is InChI=1S/C5H3F7O2S/c6-1-3(8)2(7)4(9,10)15(13,14)5(3,11)12/h2H,1H2. The zero-order valence-electron chi connectivity index (χ0n) is 6.65. The molecule has 0 aliphatic carbocycles. The SMILES string of the molecule is O=S1(=O)C(F)(F)C(F)C(F)(CF)C1(F)F. The fourth-order valence-corrected chi connectivity index (χ4v) is 2.50. The normalized spacial score (nSPS) is 41.7. The summed E-state index contributed by atoms with van der Waals surface area (Å²) in [6, 6.07) is 0. The van der Waals surface area contributed by atoms with Gasteiger partial charge >= 0.3 is 10.5 Å². The van der Waals surface area contributed by atoms with Crippen LogP contribution in [0.25, 0.3) is 0 Å². The summed E-state index contributed by atoms with van der Waals surface area (Å²) >= 11 is 0. The quantitative estimate of drug-likeness (QED) is 0.671. The van der Waals surface area contributed by atoms with E-state index in [-0.39, 0.29) is 0 Å². The summed E-state index contributed by atoms with van der Waals surface area (Å²) in [5, 5.41) is -11.4. The number of rotatable bonds is 1. The van der Waals surface area contributed by atoms with Gasteiger partial charge in [-0.25, -0.2) is 21.6 Å². The fraction of sp³-hybridized carbons (Fsp3) is 1.00. The van der Waals surface area contributed by atoms with Crippen LogP contribution in [0.5, 0.6) is 0 Å². The van der Waals surface area contributed by atoms with Gasteiger partial charge < -0.3 is 0 Å². The van der Waals surface area contributed by atoms with Gasteiger partial charge in [-0.15, -0.1) is 0 Å². The van der Waals surface area contributed by atoms with E-state index in [1.807, 2.05) is 0 Å². The second-order valence-corrected chi connectivity index (χ2v) is 5.00. The van der Waals surface area contributed by atoms with Gasteiger partial charge in [0.2, 0.25) is 6.17 Å². The molecular weight excluding hydrogens is 257 g/mol. The molecule has 2 nitrogen and oxygen atoms in total.